The summed E-state index contributed by atoms with van der Waals surface area (Å²) < 4.78 is 30.8. The molecule has 2 rings (SSSR count). The smallest absolute Gasteiger partial charge is 0.294 e. The van der Waals surface area contributed by atoms with E-state index in [1.165, 1.54) is 36.4 Å². The van der Waals surface area contributed by atoms with Crippen LogP contribution in [0.3, 0.4) is 0 Å². The lowest BCUT2D eigenvalue weighted by Gasteiger charge is -2.11. The highest BCUT2D eigenvalue weighted by Gasteiger charge is 2.15. The molecule has 1 amide bonds. The molecule has 2 aromatic rings. The van der Waals surface area contributed by atoms with Crippen molar-refractivity contribution in [3.63, 3.8) is 0 Å². The molecule has 0 aromatic heterocycles. The summed E-state index contributed by atoms with van der Waals surface area (Å²) in [4.78, 5) is 11.9. The number of carbonyl (C=O) groups is 1. The van der Waals surface area contributed by atoms with Gasteiger partial charge in [-0.2, -0.15) is 8.42 Å². The van der Waals surface area contributed by atoms with E-state index in [1.54, 1.807) is 12.1 Å². The summed E-state index contributed by atoms with van der Waals surface area (Å²) in [6.45, 7) is 0.112. The summed E-state index contributed by atoms with van der Waals surface area (Å²) in [5, 5.41) is 21.1. The molecule has 0 fully saturated rings. The molecule has 0 aliphatic heterocycles. The molecule has 122 valence electrons. The molecule has 7 nitrogen and oxygen atoms in total. The lowest BCUT2D eigenvalue weighted by atomic mass is 10.1. The van der Waals surface area contributed by atoms with Crippen molar-refractivity contribution in [2.45, 2.75) is 17.7 Å². The van der Waals surface area contributed by atoms with Gasteiger partial charge in [0, 0.05) is 17.7 Å². The van der Waals surface area contributed by atoms with Crippen LogP contribution in [0.15, 0.2) is 53.4 Å². The van der Waals surface area contributed by atoms with Crippen LogP contribution >= 0.6 is 0 Å². The first-order chi connectivity index (χ1) is 10.8. The molecule has 8 heteroatoms. The molecule has 4 N–H and O–H groups in total. The van der Waals surface area contributed by atoms with E-state index < -0.39 is 22.3 Å². The number of hydrogen-bond acceptors (Lipinski definition) is 5. The van der Waals surface area contributed by atoms with E-state index in [2.05, 4.69) is 5.32 Å². The monoisotopic (exact) mass is 337 g/mol. The fourth-order valence-corrected chi connectivity index (χ4v) is 2.47. The molecule has 0 heterocycles. The zero-order valence-electron chi connectivity index (χ0n) is 11.9. The van der Waals surface area contributed by atoms with E-state index in [0.29, 0.717) is 5.56 Å². The van der Waals surface area contributed by atoms with Gasteiger partial charge in [-0.1, -0.05) is 30.3 Å². The summed E-state index contributed by atoms with van der Waals surface area (Å²) in [5.74, 6) is -0.493. The van der Waals surface area contributed by atoms with Gasteiger partial charge in [-0.3, -0.25) is 9.35 Å². The lowest BCUT2D eigenvalue weighted by molar-refractivity contribution is -0.0429. The van der Waals surface area contributed by atoms with E-state index >= 15 is 0 Å². The second-order valence-corrected chi connectivity index (χ2v) is 6.18. The van der Waals surface area contributed by atoms with Crippen molar-refractivity contribution in [1.29, 1.82) is 0 Å². The van der Waals surface area contributed by atoms with Crippen molar-refractivity contribution in [3.8, 4) is 0 Å². The van der Waals surface area contributed by atoms with Gasteiger partial charge in [0.25, 0.3) is 16.0 Å². The third-order valence-corrected chi connectivity index (χ3v) is 4.03. The SMILES string of the molecule is O=C(NCc1ccc(S(=O)(=O)O)cc1)c1ccccc1C(O)O. The van der Waals surface area contributed by atoms with Crippen molar-refractivity contribution < 1.29 is 28.0 Å². The fourth-order valence-electron chi connectivity index (χ4n) is 1.99. The van der Waals surface area contributed by atoms with Gasteiger partial charge >= 0.3 is 0 Å². The third kappa shape index (κ3) is 4.36. The second-order valence-electron chi connectivity index (χ2n) is 4.76. The van der Waals surface area contributed by atoms with Gasteiger partial charge in [0.05, 0.1) is 4.90 Å². The van der Waals surface area contributed by atoms with Crippen LogP contribution in [0, 0.1) is 0 Å². The number of amides is 1. The lowest BCUT2D eigenvalue weighted by Crippen LogP contribution is -2.24. The van der Waals surface area contributed by atoms with Gasteiger partial charge in [0.2, 0.25) is 0 Å². The molecule has 0 aliphatic rings. The van der Waals surface area contributed by atoms with Crippen molar-refractivity contribution in [3.05, 3.63) is 65.2 Å². The Hall–Kier alpha value is -2.26. The molecular weight excluding hydrogens is 322 g/mol. The summed E-state index contributed by atoms with van der Waals surface area (Å²) in [6, 6.07) is 11.4. The molecule has 23 heavy (non-hydrogen) atoms. The predicted molar refractivity (Wildman–Crippen MR) is 81.0 cm³/mol. The number of hydrogen-bond donors (Lipinski definition) is 4. The van der Waals surface area contributed by atoms with Gasteiger partial charge in [-0.25, -0.2) is 0 Å². The second kappa shape index (κ2) is 6.88. The maximum Gasteiger partial charge on any atom is 0.294 e. The Bertz CT molecular complexity index is 799. The van der Waals surface area contributed by atoms with E-state index in [4.69, 9.17) is 4.55 Å². The van der Waals surface area contributed by atoms with Crippen LogP contribution in [0.4, 0.5) is 0 Å². The van der Waals surface area contributed by atoms with Crippen molar-refractivity contribution in [2.75, 3.05) is 0 Å². The Kier molecular flexibility index (Phi) is 5.12. The van der Waals surface area contributed by atoms with Crippen LogP contribution in [0.1, 0.15) is 27.8 Å². The highest BCUT2D eigenvalue weighted by Crippen LogP contribution is 2.16. The van der Waals surface area contributed by atoms with Crippen LogP contribution in [-0.4, -0.2) is 29.1 Å². The Morgan fingerprint density at radius 3 is 2.22 bits per heavy atom. The average Bonchev–Trinajstić information content (AvgIpc) is 2.52. The van der Waals surface area contributed by atoms with Gasteiger partial charge < -0.3 is 15.5 Å². The molecule has 0 aliphatic carbocycles. The molecule has 0 unspecified atom stereocenters. The van der Waals surface area contributed by atoms with Gasteiger partial charge in [0.15, 0.2) is 6.29 Å². The van der Waals surface area contributed by atoms with Crippen LogP contribution < -0.4 is 5.32 Å². The molecule has 2 aromatic carbocycles. The third-order valence-electron chi connectivity index (χ3n) is 3.16. The Balaban J connectivity index is 2.08. The van der Waals surface area contributed by atoms with E-state index in [0.717, 1.165) is 0 Å². The zero-order valence-corrected chi connectivity index (χ0v) is 12.7. The zero-order chi connectivity index (χ0) is 17.0. The molecule has 0 saturated heterocycles. The summed E-state index contributed by atoms with van der Waals surface area (Å²) in [6.07, 6.45) is -1.76. The Morgan fingerprint density at radius 1 is 1.04 bits per heavy atom. The summed E-state index contributed by atoms with van der Waals surface area (Å²) in [7, 11) is -4.25. The first-order valence-electron chi connectivity index (χ1n) is 6.59. The minimum atomic E-state index is -4.25. The fraction of sp³-hybridized carbons (Fsp3) is 0.133. The molecule has 0 saturated carbocycles. The highest BCUT2D eigenvalue weighted by molar-refractivity contribution is 7.85. The minimum absolute atomic E-state index is 0.0896. The van der Waals surface area contributed by atoms with Gasteiger partial charge in [-0.05, 0) is 23.8 Å². The molecule has 0 radical (unpaired) electrons. The quantitative estimate of drug-likeness (QED) is 0.473. The van der Waals surface area contributed by atoms with Gasteiger partial charge in [-0.15, -0.1) is 0 Å². The normalized spacial score (nSPS) is 11.5. The van der Waals surface area contributed by atoms with E-state index in [-0.39, 0.29) is 22.6 Å². The van der Waals surface area contributed by atoms with Crippen LogP contribution in [-0.2, 0) is 16.7 Å². The predicted octanol–water partition coefficient (Wildman–Crippen LogP) is 0.847. The van der Waals surface area contributed by atoms with Crippen molar-refractivity contribution in [1.82, 2.24) is 5.32 Å². The van der Waals surface area contributed by atoms with E-state index in [9.17, 15) is 23.4 Å². The molecular formula is C15H15NO6S. The first-order valence-corrected chi connectivity index (χ1v) is 8.03. The summed E-state index contributed by atoms with van der Waals surface area (Å²) >= 11 is 0. The van der Waals surface area contributed by atoms with Crippen LogP contribution in [0.5, 0.6) is 0 Å². The standard InChI is InChI=1S/C15H15NO6S/c17-14(12-3-1-2-4-13(12)15(18)19)16-9-10-5-7-11(8-6-10)23(20,21)22/h1-8,15,18-19H,9H2,(H,16,17)(H,20,21,22). The van der Waals surface area contributed by atoms with Crippen molar-refractivity contribution >= 4 is 16.0 Å². The number of carbonyl (C=O) groups excluding carboxylic acids is 1. The largest absolute Gasteiger partial charge is 0.364 e. The topological polar surface area (TPSA) is 124 Å². The van der Waals surface area contributed by atoms with E-state index in [1.807, 2.05) is 0 Å². The number of aliphatic hydroxyl groups excluding tert-OH is 1. The van der Waals surface area contributed by atoms with Crippen LogP contribution in [0.2, 0.25) is 0 Å². The number of benzene rings is 2. The number of nitrogens with one attached hydrogen (secondary N) is 1. The highest BCUT2D eigenvalue weighted by atomic mass is 32.2. The number of aliphatic hydroxyl groups is 2. The maximum atomic E-state index is 12.1. The minimum Gasteiger partial charge on any atom is -0.364 e. The number of rotatable bonds is 5. The van der Waals surface area contributed by atoms with Crippen LogP contribution in [0.25, 0.3) is 0 Å². The van der Waals surface area contributed by atoms with Crippen molar-refractivity contribution in [2.24, 2.45) is 0 Å². The molecule has 0 atom stereocenters. The maximum absolute atomic E-state index is 12.1. The Morgan fingerprint density at radius 2 is 1.65 bits per heavy atom. The average molecular weight is 337 g/mol. The Labute approximate surface area is 133 Å². The molecule has 0 bridgehead atoms. The van der Waals surface area contributed by atoms with Gasteiger partial charge in [0.1, 0.15) is 0 Å². The summed E-state index contributed by atoms with van der Waals surface area (Å²) in [5.41, 5.74) is 0.844. The molecule has 0 spiro atoms. The first kappa shape index (κ1) is 17.1.